The lowest BCUT2D eigenvalue weighted by Crippen LogP contribution is -2.55. The monoisotopic (exact) mass is 546 g/mol. The summed E-state index contributed by atoms with van der Waals surface area (Å²) in [6.45, 7) is 2.59. The average Bonchev–Trinajstić information content (AvgIpc) is 3.67. The zero-order valence-electron chi connectivity index (χ0n) is 22.5. The Kier molecular flexibility index (Phi) is 6.79. The molecule has 3 fully saturated rings. The maximum atomic E-state index is 14.0. The van der Waals surface area contributed by atoms with Crippen molar-refractivity contribution in [2.75, 3.05) is 13.2 Å². The fourth-order valence-corrected chi connectivity index (χ4v) is 6.94. The number of aromatic nitrogens is 3. The number of carbonyl (C=O) groups excluding carboxylic acids is 3. The number of hydrogen-bond donors (Lipinski definition) is 3. The summed E-state index contributed by atoms with van der Waals surface area (Å²) in [5.41, 5.74) is 0.503. The predicted molar refractivity (Wildman–Crippen MR) is 144 cm³/mol. The van der Waals surface area contributed by atoms with E-state index in [2.05, 4.69) is 20.9 Å². The van der Waals surface area contributed by atoms with Crippen LogP contribution in [0.1, 0.15) is 38.2 Å². The first-order chi connectivity index (χ1) is 19.4. The van der Waals surface area contributed by atoms with Gasteiger partial charge in [-0.25, -0.2) is 4.68 Å². The first-order valence-electron chi connectivity index (χ1n) is 13.9. The molecule has 3 aliphatic heterocycles. The van der Waals surface area contributed by atoms with Gasteiger partial charge in [-0.3, -0.25) is 14.4 Å². The molecule has 0 radical (unpaired) electrons. The van der Waals surface area contributed by atoms with E-state index in [0.717, 1.165) is 11.1 Å². The highest BCUT2D eigenvalue weighted by Gasteiger charge is 2.77. The second kappa shape index (κ2) is 10.3. The third kappa shape index (κ3) is 4.24. The van der Waals surface area contributed by atoms with Crippen molar-refractivity contribution in [1.82, 2.24) is 30.5 Å². The molecule has 4 heterocycles. The predicted octanol–water partition coefficient (Wildman–Crippen LogP) is 1.36. The molecule has 11 heteroatoms. The Morgan fingerprint density at radius 1 is 1.05 bits per heavy atom. The van der Waals surface area contributed by atoms with Crippen molar-refractivity contribution in [3.8, 4) is 0 Å². The third-order valence-electron chi connectivity index (χ3n) is 8.75. The Bertz CT molecular complexity index is 1430. The molecule has 2 unspecified atom stereocenters. The Labute approximate surface area is 231 Å². The van der Waals surface area contributed by atoms with Crippen molar-refractivity contribution in [2.45, 2.75) is 63.1 Å². The highest BCUT2D eigenvalue weighted by molar-refractivity contribution is 5.99. The van der Waals surface area contributed by atoms with Gasteiger partial charge in [-0.2, -0.15) is 0 Å². The number of unbranched alkanes of at least 4 members (excludes halogenated alkanes) is 1. The minimum Gasteiger partial charge on any atom is -0.396 e. The molecule has 1 spiro atoms. The van der Waals surface area contributed by atoms with Crippen LogP contribution in [0.4, 0.5) is 0 Å². The molecule has 2 aromatic carbocycles. The Morgan fingerprint density at radius 2 is 1.82 bits per heavy atom. The van der Waals surface area contributed by atoms with Crippen LogP contribution in [0.15, 0.2) is 54.6 Å². The number of carbonyl (C=O) groups is 3. The van der Waals surface area contributed by atoms with Crippen LogP contribution in [-0.4, -0.2) is 73.1 Å². The second-order valence-electron chi connectivity index (χ2n) is 11.2. The summed E-state index contributed by atoms with van der Waals surface area (Å²) in [4.78, 5) is 43.1. The maximum Gasteiger partial charge on any atom is 0.247 e. The number of para-hydroxylation sites is 1. The summed E-state index contributed by atoms with van der Waals surface area (Å²) in [6, 6.07) is 16.2. The summed E-state index contributed by atoms with van der Waals surface area (Å²) in [5, 5.41) is 23.6. The lowest BCUT2D eigenvalue weighted by atomic mass is 9.66. The van der Waals surface area contributed by atoms with Crippen molar-refractivity contribution in [1.29, 1.82) is 0 Å². The van der Waals surface area contributed by atoms with Gasteiger partial charge in [0.05, 0.1) is 23.0 Å². The quantitative estimate of drug-likeness (QED) is 0.327. The van der Waals surface area contributed by atoms with Crippen molar-refractivity contribution in [3.63, 3.8) is 0 Å². The van der Waals surface area contributed by atoms with E-state index < -0.39 is 29.1 Å². The third-order valence-corrected chi connectivity index (χ3v) is 8.75. The van der Waals surface area contributed by atoms with Gasteiger partial charge in [-0.05, 0) is 50.3 Å². The highest BCUT2D eigenvalue weighted by atomic mass is 16.5. The molecule has 2 bridgehead atoms. The number of nitrogens with zero attached hydrogens (tertiary/aromatic N) is 4. The van der Waals surface area contributed by atoms with E-state index in [0.29, 0.717) is 44.3 Å². The van der Waals surface area contributed by atoms with E-state index in [-0.39, 0.29) is 31.0 Å². The van der Waals surface area contributed by atoms with Crippen LogP contribution < -0.4 is 10.6 Å². The zero-order chi connectivity index (χ0) is 27.9. The van der Waals surface area contributed by atoms with Crippen LogP contribution in [0, 0.1) is 11.8 Å². The van der Waals surface area contributed by atoms with E-state index in [9.17, 15) is 19.5 Å². The van der Waals surface area contributed by atoms with E-state index >= 15 is 0 Å². The second-order valence-corrected chi connectivity index (χ2v) is 11.2. The molecule has 0 saturated carbocycles. The molecule has 3 N–H and O–H groups in total. The smallest absolute Gasteiger partial charge is 0.247 e. The van der Waals surface area contributed by atoms with Gasteiger partial charge in [0, 0.05) is 19.7 Å². The van der Waals surface area contributed by atoms with Crippen LogP contribution in [0.2, 0.25) is 0 Å². The van der Waals surface area contributed by atoms with Gasteiger partial charge < -0.3 is 25.4 Å². The maximum absolute atomic E-state index is 14.0. The molecule has 11 nitrogen and oxygen atoms in total. The first kappa shape index (κ1) is 26.4. The SMILES string of the molecule is C[C@@]12CCC3(O1)C(C(=O)NCn1nnc4ccccc41)N(CCCCO)C(=O)[C@@H]3[C@@H]2C(=O)NCc1ccccc1. The molecule has 3 saturated heterocycles. The largest absolute Gasteiger partial charge is 0.396 e. The summed E-state index contributed by atoms with van der Waals surface area (Å²) in [5.74, 6) is -2.31. The number of nitrogens with one attached hydrogen (secondary N) is 2. The van der Waals surface area contributed by atoms with Gasteiger partial charge in [0.15, 0.2) is 0 Å². The fraction of sp³-hybridized carbons (Fsp3) is 0.483. The summed E-state index contributed by atoms with van der Waals surface area (Å²) in [6.07, 6.45) is 2.11. The van der Waals surface area contributed by atoms with Crippen LogP contribution in [0.3, 0.4) is 0 Å². The molecule has 40 heavy (non-hydrogen) atoms. The Hall–Kier alpha value is -3.83. The lowest BCUT2D eigenvalue weighted by molar-refractivity contribution is -0.146. The molecular formula is C29H34N6O5. The number of amides is 3. The molecule has 3 amide bonds. The molecule has 6 rings (SSSR count). The first-order valence-corrected chi connectivity index (χ1v) is 13.9. The Morgan fingerprint density at radius 3 is 2.62 bits per heavy atom. The van der Waals surface area contributed by atoms with Crippen molar-refractivity contribution < 1.29 is 24.2 Å². The average molecular weight is 547 g/mol. The fourth-order valence-electron chi connectivity index (χ4n) is 6.94. The van der Waals surface area contributed by atoms with E-state index in [1.165, 1.54) is 0 Å². The van der Waals surface area contributed by atoms with Crippen molar-refractivity contribution >= 4 is 28.8 Å². The van der Waals surface area contributed by atoms with Gasteiger partial charge >= 0.3 is 0 Å². The number of hydrogen-bond acceptors (Lipinski definition) is 7. The van der Waals surface area contributed by atoms with Gasteiger partial charge in [0.1, 0.15) is 23.8 Å². The van der Waals surface area contributed by atoms with E-state index in [1.54, 1.807) is 9.58 Å². The van der Waals surface area contributed by atoms with Crippen molar-refractivity contribution in [2.24, 2.45) is 11.8 Å². The number of ether oxygens (including phenoxy) is 1. The number of rotatable bonds is 10. The number of aliphatic hydroxyl groups excluding tert-OH is 1. The van der Waals surface area contributed by atoms with Crippen LogP contribution in [-0.2, 0) is 32.3 Å². The van der Waals surface area contributed by atoms with Gasteiger partial charge in [-0.1, -0.05) is 47.7 Å². The number of likely N-dealkylation sites (tertiary alicyclic amines) is 1. The Balaban J connectivity index is 1.26. The minimum atomic E-state index is -1.10. The molecule has 5 atom stereocenters. The number of fused-ring (bicyclic) bond motifs is 2. The summed E-state index contributed by atoms with van der Waals surface area (Å²) < 4.78 is 8.24. The van der Waals surface area contributed by atoms with Gasteiger partial charge in [0.25, 0.3) is 0 Å². The molecule has 1 aromatic heterocycles. The number of benzene rings is 2. The number of aliphatic hydroxyl groups is 1. The molecule has 0 aliphatic carbocycles. The molecule has 210 valence electrons. The lowest BCUT2D eigenvalue weighted by Gasteiger charge is -2.33. The van der Waals surface area contributed by atoms with Crippen molar-refractivity contribution in [3.05, 3.63) is 60.2 Å². The standard InChI is InChI=1S/C29H34N6O5/c1-28-13-14-29(40-28)23(22(28)25(37)30-17-19-9-3-2-4-10-19)27(39)34(15-7-8-16-36)24(29)26(38)31-18-35-21-12-6-5-11-20(21)32-33-35/h2-6,9-12,22-24,36H,7-8,13-18H2,1H3,(H,30,37)(H,31,38)/t22-,23+,24?,28+,29?/m1/s1. The normalized spacial score (nSPS) is 28.7. The highest BCUT2D eigenvalue weighted by Crippen LogP contribution is 2.63. The van der Waals surface area contributed by atoms with E-state index in [4.69, 9.17) is 4.74 Å². The van der Waals surface area contributed by atoms with Crippen LogP contribution in [0.5, 0.6) is 0 Å². The van der Waals surface area contributed by atoms with Crippen LogP contribution >= 0.6 is 0 Å². The molecule has 3 aromatic rings. The van der Waals surface area contributed by atoms with E-state index in [1.807, 2.05) is 61.5 Å². The molecular weight excluding hydrogens is 512 g/mol. The van der Waals surface area contributed by atoms with Gasteiger partial charge in [0.2, 0.25) is 17.7 Å². The topological polar surface area (TPSA) is 139 Å². The summed E-state index contributed by atoms with van der Waals surface area (Å²) >= 11 is 0. The minimum absolute atomic E-state index is 0.00801. The van der Waals surface area contributed by atoms with Crippen LogP contribution in [0.25, 0.3) is 11.0 Å². The molecule has 3 aliphatic rings. The zero-order valence-corrected chi connectivity index (χ0v) is 22.5. The summed E-state index contributed by atoms with van der Waals surface area (Å²) in [7, 11) is 0. The van der Waals surface area contributed by atoms with Gasteiger partial charge in [-0.15, -0.1) is 5.10 Å².